The minimum atomic E-state index is 0.102. The van der Waals surface area contributed by atoms with Crippen molar-refractivity contribution in [3.63, 3.8) is 0 Å². The average molecular weight is 317 g/mol. The van der Waals surface area contributed by atoms with E-state index in [0.717, 1.165) is 19.4 Å². The molecule has 0 N–H and O–H groups in total. The van der Waals surface area contributed by atoms with Gasteiger partial charge in [0, 0.05) is 36.1 Å². The first kappa shape index (κ1) is 15.2. The van der Waals surface area contributed by atoms with Crippen LogP contribution in [-0.2, 0) is 7.05 Å². The van der Waals surface area contributed by atoms with Crippen LogP contribution >= 0.6 is 11.6 Å². The molecule has 0 bridgehead atoms. The lowest BCUT2D eigenvalue weighted by Gasteiger charge is -2.30. The predicted molar refractivity (Wildman–Crippen MR) is 89.1 cm³/mol. The summed E-state index contributed by atoms with van der Waals surface area (Å²) < 4.78 is 2.12. The minimum Gasteiger partial charge on any atom is -0.353 e. The fraction of sp³-hybridized carbons (Fsp3) is 0.389. The Morgan fingerprint density at radius 3 is 2.59 bits per heavy atom. The van der Waals surface area contributed by atoms with E-state index < -0.39 is 0 Å². The molecule has 1 aliphatic rings. The van der Waals surface area contributed by atoms with Crippen molar-refractivity contribution in [3.05, 3.63) is 58.9 Å². The summed E-state index contributed by atoms with van der Waals surface area (Å²) in [5, 5.41) is 0.659. The first-order valence-electron chi connectivity index (χ1n) is 7.84. The zero-order valence-corrected chi connectivity index (χ0v) is 13.6. The van der Waals surface area contributed by atoms with Gasteiger partial charge in [-0.1, -0.05) is 24.4 Å². The van der Waals surface area contributed by atoms with E-state index in [2.05, 4.69) is 10.6 Å². The van der Waals surface area contributed by atoms with Crippen molar-refractivity contribution >= 4 is 17.5 Å². The van der Waals surface area contributed by atoms with Gasteiger partial charge in [-0.15, -0.1) is 0 Å². The molecule has 0 saturated carbocycles. The first-order valence-corrected chi connectivity index (χ1v) is 8.22. The molecule has 2 heterocycles. The number of rotatable bonds is 2. The molecule has 1 unspecified atom stereocenters. The summed E-state index contributed by atoms with van der Waals surface area (Å²) in [6.45, 7) is 0.817. The number of carbonyl (C=O) groups is 1. The zero-order valence-electron chi connectivity index (χ0n) is 12.8. The molecule has 1 fully saturated rings. The molecule has 1 aromatic heterocycles. The third-order valence-corrected chi connectivity index (χ3v) is 4.68. The standard InChI is InChI=1S/C18H21ClN2O/c1-20-12-5-7-16(20)17-6-3-2-4-13-21(17)18(22)14-8-10-15(19)11-9-14/h5,7-12,17H,2-4,6,13H2,1H3. The van der Waals surface area contributed by atoms with E-state index in [9.17, 15) is 4.79 Å². The number of halogens is 1. The quantitative estimate of drug-likeness (QED) is 0.804. The monoisotopic (exact) mass is 316 g/mol. The summed E-state index contributed by atoms with van der Waals surface area (Å²) in [5.74, 6) is 0.102. The lowest BCUT2D eigenvalue weighted by atomic mass is 10.1. The van der Waals surface area contributed by atoms with Crippen molar-refractivity contribution in [1.29, 1.82) is 0 Å². The number of hydrogen-bond acceptors (Lipinski definition) is 1. The van der Waals surface area contributed by atoms with Gasteiger partial charge >= 0.3 is 0 Å². The van der Waals surface area contributed by atoms with Gasteiger partial charge in [-0.05, 0) is 49.2 Å². The van der Waals surface area contributed by atoms with Gasteiger partial charge in [-0.2, -0.15) is 0 Å². The molecule has 2 aromatic rings. The summed E-state index contributed by atoms with van der Waals surface area (Å²) in [7, 11) is 2.05. The van der Waals surface area contributed by atoms with Crippen LogP contribution in [0.25, 0.3) is 0 Å². The third kappa shape index (κ3) is 3.05. The molecule has 1 saturated heterocycles. The Morgan fingerprint density at radius 1 is 1.14 bits per heavy atom. The van der Waals surface area contributed by atoms with Crippen molar-refractivity contribution in [3.8, 4) is 0 Å². The third-order valence-electron chi connectivity index (χ3n) is 4.43. The Morgan fingerprint density at radius 2 is 1.91 bits per heavy atom. The Kier molecular flexibility index (Phi) is 4.53. The Hall–Kier alpha value is -1.74. The molecular weight excluding hydrogens is 296 g/mol. The van der Waals surface area contributed by atoms with E-state index in [1.165, 1.54) is 18.5 Å². The number of aryl methyl sites for hydroxylation is 1. The van der Waals surface area contributed by atoms with Gasteiger partial charge in [0.25, 0.3) is 5.91 Å². The number of amides is 1. The highest BCUT2D eigenvalue weighted by Crippen LogP contribution is 2.31. The van der Waals surface area contributed by atoms with Gasteiger partial charge in [0.1, 0.15) is 0 Å². The topological polar surface area (TPSA) is 25.2 Å². The summed E-state index contributed by atoms with van der Waals surface area (Å²) in [6, 6.07) is 11.5. The molecule has 4 heteroatoms. The highest BCUT2D eigenvalue weighted by Gasteiger charge is 2.28. The largest absolute Gasteiger partial charge is 0.353 e. The van der Waals surface area contributed by atoms with E-state index in [0.29, 0.717) is 10.6 Å². The van der Waals surface area contributed by atoms with Crippen molar-refractivity contribution in [2.75, 3.05) is 6.54 Å². The van der Waals surface area contributed by atoms with Crippen molar-refractivity contribution in [2.24, 2.45) is 7.05 Å². The molecule has 3 nitrogen and oxygen atoms in total. The van der Waals surface area contributed by atoms with Crippen LogP contribution in [-0.4, -0.2) is 21.9 Å². The van der Waals surface area contributed by atoms with Crippen LogP contribution < -0.4 is 0 Å². The zero-order chi connectivity index (χ0) is 15.5. The van der Waals surface area contributed by atoms with Gasteiger partial charge < -0.3 is 9.47 Å². The summed E-state index contributed by atoms with van der Waals surface area (Å²) in [5.41, 5.74) is 1.93. The molecule has 0 radical (unpaired) electrons. The second-order valence-corrected chi connectivity index (χ2v) is 6.35. The maximum atomic E-state index is 13.0. The smallest absolute Gasteiger partial charge is 0.254 e. The van der Waals surface area contributed by atoms with Crippen LogP contribution in [0.5, 0.6) is 0 Å². The number of aromatic nitrogens is 1. The fourth-order valence-corrected chi connectivity index (χ4v) is 3.36. The molecule has 1 aliphatic heterocycles. The van der Waals surface area contributed by atoms with Gasteiger partial charge in [-0.3, -0.25) is 4.79 Å². The number of nitrogens with zero attached hydrogens (tertiary/aromatic N) is 2. The predicted octanol–water partition coefficient (Wildman–Crippen LogP) is 4.44. The lowest BCUT2D eigenvalue weighted by molar-refractivity contribution is 0.0674. The molecule has 116 valence electrons. The molecule has 0 spiro atoms. The second-order valence-electron chi connectivity index (χ2n) is 5.91. The van der Waals surface area contributed by atoms with Gasteiger partial charge in [0.15, 0.2) is 0 Å². The summed E-state index contributed by atoms with van der Waals surface area (Å²) in [4.78, 5) is 15.0. The number of carbonyl (C=O) groups excluding carboxylic acids is 1. The van der Waals surface area contributed by atoms with Crippen molar-refractivity contribution < 1.29 is 4.79 Å². The van der Waals surface area contributed by atoms with Crippen LogP contribution in [0.4, 0.5) is 0 Å². The molecule has 22 heavy (non-hydrogen) atoms. The van der Waals surface area contributed by atoms with E-state index in [-0.39, 0.29) is 11.9 Å². The molecule has 1 amide bonds. The normalized spacial score (nSPS) is 19.0. The summed E-state index contributed by atoms with van der Waals surface area (Å²) >= 11 is 5.93. The van der Waals surface area contributed by atoms with E-state index in [1.807, 2.05) is 36.3 Å². The van der Waals surface area contributed by atoms with E-state index in [4.69, 9.17) is 11.6 Å². The SMILES string of the molecule is Cn1cccc1C1CCCCCN1C(=O)c1ccc(Cl)cc1. The lowest BCUT2D eigenvalue weighted by Crippen LogP contribution is -2.35. The molecular formula is C18H21ClN2O. The van der Waals surface area contributed by atoms with Crippen molar-refractivity contribution in [1.82, 2.24) is 9.47 Å². The fourth-order valence-electron chi connectivity index (χ4n) is 3.24. The van der Waals surface area contributed by atoms with Crippen LogP contribution in [0.3, 0.4) is 0 Å². The second kappa shape index (κ2) is 6.57. The maximum absolute atomic E-state index is 13.0. The van der Waals surface area contributed by atoms with Crippen LogP contribution in [0.1, 0.15) is 47.8 Å². The maximum Gasteiger partial charge on any atom is 0.254 e. The molecule has 1 atom stereocenters. The number of likely N-dealkylation sites (tertiary alicyclic amines) is 1. The summed E-state index contributed by atoms with van der Waals surface area (Å²) in [6.07, 6.45) is 6.49. The number of hydrogen-bond donors (Lipinski definition) is 0. The molecule has 0 aliphatic carbocycles. The van der Waals surface area contributed by atoms with E-state index in [1.54, 1.807) is 12.1 Å². The molecule has 3 rings (SSSR count). The first-order chi connectivity index (χ1) is 10.7. The van der Waals surface area contributed by atoms with Crippen LogP contribution in [0.2, 0.25) is 5.02 Å². The highest BCUT2D eigenvalue weighted by atomic mass is 35.5. The Labute approximate surface area is 136 Å². The number of benzene rings is 1. The van der Waals surface area contributed by atoms with Crippen LogP contribution in [0, 0.1) is 0 Å². The van der Waals surface area contributed by atoms with Crippen LogP contribution in [0.15, 0.2) is 42.6 Å². The van der Waals surface area contributed by atoms with Gasteiger partial charge in [0.2, 0.25) is 0 Å². The van der Waals surface area contributed by atoms with Crippen molar-refractivity contribution in [2.45, 2.75) is 31.7 Å². The minimum absolute atomic E-state index is 0.102. The Bertz CT molecular complexity index is 647. The van der Waals surface area contributed by atoms with Gasteiger partial charge in [0.05, 0.1) is 6.04 Å². The van der Waals surface area contributed by atoms with E-state index >= 15 is 0 Å². The van der Waals surface area contributed by atoms with Gasteiger partial charge in [-0.25, -0.2) is 0 Å². The highest BCUT2D eigenvalue weighted by molar-refractivity contribution is 6.30. The molecule has 1 aromatic carbocycles. The Balaban J connectivity index is 1.92. The average Bonchev–Trinajstić information content (AvgIpc) is 2.80.